The van der Waals surface area contributed by atoms with Crippen LogP contribution in [0.15, 0.2) is 12.1 Å². The van der Waals surface area contributed by atoms with Gasteiger partial charge in [-0.05, 0) is 13.1 Å². The minimum absolute atomic E-state index is 0. The molecule has 0 aromatic heterocycles. The molecule has 0 aliphatic rings. The van der Waals surface area contributed by atoms with E-state index in [9.17, 15) is 14.9 Å². The number of halogens is 1. The van der Waals surface area contributed by atoms with Crippen LogP contribution in [0, 0.1) is 10.1 Å². The summed E-state index contributed by atoms with van der Waals surface area (Å²) in [4.78, 5) is 25.1. The summed E-state index contributed by atoms with van der Waals surface area (Å²) in [6.45, 7) is 6.88. The van der Waals surface area contributed by atoms with Crippen LogP contribution in [0.1, 0.15) is 24.2 Å². The van der Waals surface area contributed by atoms with E-state index in [0.717, 1.165) is 13.1 Å². The predicted octanol–water partition coefficient (Wildman–Crippen LogP) is 2.11. The van der Waals surface area contributed by atoms with E-state index in [-0.39, 0.29) is 29.4 Å². The Balaban J connectivity index is 0.00000529. The Labute approximate surface area is 147 Å². The lowest BCUT2D eigenvalue weighted by molar-refractivity contribution is -0.386. The van der Waals surface area contributed by atoms with Crippen molar-refractivity contribution in [2.24, 2.45) is 0 Å². The largest absolute Gasteiger partial charge is 0.497 e. The summed E-state index contributed by atoms with van der Waals surface area (Å²) in [6.07, 6.45) is 0. The average molecular weight is 362 g/mol. The van der Waals surface area contributed by atoms with Gasteiger partial charge in [0.25, 0.3) is 5.91 Å². The zero-order valence-electron chi connectivity index (χ0n) is 14.3. The van der Waals surface area contributed by atoms with E-state index in [1.165, 1.54) is 26.4 Å². The van der Waals surface area contributed by atoms with Gasteiger partial charge in [-0.2, -0.15) is 0 Å². The third-order valence-electron chi connectivity index (χ3n) is 3.54. The van der Waals surface area contributed by atoms with Gasteiger partial charge < -0.3 is 19.7 Å². The van der Waals surface area contributed by atoms with Crippen molar-refractivity contribution in [1.82, 2.24) is 10.2 Å². The standard InChI is InChI=1S/C15H23N3O5.ClH/c1-5-17(6-2)8-7-16-15(19)12-9-11(22-3)10-13(23-4)14(12)18(20)21;/h9-10H,5-8H2,1-4H3,(H,16,19);1H. The molecule has 136 valence electrons. The van der Waals surface area contributed by atoms with Crippen LogP contribution in [0.5, 0.6) is 11.5 Å². The second kappa shape index (κ2) is 10.7. The summed E-state index contributed by atoms with van der Waals surface area (Å²) in [5.74, 6) is -0.217. The molecule has 1 aromatic carbocycles. The van der Waals surface area contributed by atoms with Gasteiger partial charge in [-0.1, -0.05) is 13.8 Å². The van der Waals surface area contributed by atoms with Crippen molar-refractivity contribution in [2.45, 2.75) is 13.8 Å². The number of methoxy groups -OCH3 is 2. The van der Waals surface area contributed by atoms with Crippen molar-refractivity contribution in [1.29, 1.82) is 0 Å². The molecule has 0 saturated heterocycles. The van der Waals surface area contributed by atoms with E-state index in [1.807, 2.05) is 13.8 Å². The van der Waals surface area contributed by atoms with Crippen LogP contribution in [0.3, 0.4) is 0 Å². The van der Waals surface area contributed by atoms with Crippen molar-refractivity contribution < 1.29 is 19.2 Å². The first-order valence-corrected chi connectivity index (χ1v) is 7.39. The van der Waals surface area contributed by atoms with E-state index in [1.54, 1.807) is 0 Å². The number of likely N-dealkylation sites (N-methyl/N-ethyl adjacent to an activating group) is 1. The number of carbonyl (C=O) groups is 1. The number of nitro groups is 1. The molecule has 1 aromatic rings. The minimum Gasteiger partial charge on any atom is -0.497 e. The number of nitrogens with zero attached hydrogens (tertiary/aromatic N) is 2. The zero-order valence-corrected chi connectivity index (χ0v) is 15.1. The molecule has 0 radical (unpaired) electrons. The fourth-order valence-electron chi connectivity index (χ4n) is 2.18. The van der Waals surface area contributed by atoms with E-state index in [0.29, 0.717) is 18.8 Å². The third kappa shape index (κ3) is 5.54. The van der Waals surface area contributed by atoms with Gasteiger partial charge in [0.15, 0.2) is 0 Å². The van der Waals surface area contributed by atoms with Crippen LogP contribution in [0.4, 0.5) is 5.69 Å². The Morgan fingerprint density at radius 3 is 2.33 bits per heavy atom. The molecule has 0 atom stereocenters. The van der Waals surface area contributed by atoms with Crippen LogP contribution >= 0.6 is 12.4 Å². The lowest BCUT2D eigenvalue weighted by Gasteiger charge is -2.18. The highest BCUT2D eigenvalue weighted by Gasteiger charge is 2.27. The molecule has 0 aliphatic heterocycles. The Morgan fingerprint density at radius 1 is 1.25 bits per heavy atom. The number of hydrogen-bond donors (Lipinski definition) is 1. The molecule has 0 unspecified atom stereocenters. The molecule has 24 heavy (non-hydrogen) atoms. The molecule has 0 fully saturated rings. The Bertz CT molecular complexity index is 564. The van der Waals surface area contributed by atoms with Gasteiger partial charge in [0.1, 0.15) is 11.3 Å². The van der Waals surface area contributed by atoms with Gasteiger partial charge in [-0.15, -0.1) is 12.4 Å². The molecular weight excluding hydrogens is 338 g/mol. The highest BCUT2D eigenvalue weighted by Crippen LogP contribution is 2.35. The van der Waals surface area contributed by atoms with Crippen molar-refractivity contribution in [3.8, 4) is 11.5 Å². The Kier molecular flexibility index (Phi) is 9.75. The molecule has 1 amide bonds. The molecule has 9 heteroatoms. The van der Waals surface area contributed by atoms with Crippen LogP contribution in [0.25, 0.3) is 0 Å². The molecule has 0 heterocycles. The van der Waals surface area contributed by atoms with Crippen LogP contribution in [-0.4, -0.2) is 56.1 Å². The molecule has 1 rings (SSSR count). The topological polar surface area (TPSA) is 93.9 Å². The molecular formula is C15H24ClN3O5. The average Bonchev–Trinajstić information content (AvgIpc) is 2.56. The molecule has 0 bridgehead atoms. The van der Waals surface area contributed by atoms with Gasteiger partial charge >= 0.3 is 5.69 Å². The highest BCUT2D eigenvalue weighted by atomic mass is 35.5. The fraction of sp³-hybridized carbons (Fsp3) is 0.533. The predicted molar refractivity (Wildman–Crippen MR) is 93.6 cm³/mol. The summed E-state index contributed by atoms with van der Waals surface area (Å²) in [5, 5.41) is 14.0. The van der Waals surface area contributed by atoms with E-state index in [2.05, 4.69) is 10.2 Å². The SMILES string of the molecule is CCN(CC)CCNC(=O)c1cc(OC)cc(OC)c1[N+](=O)[O-].Cl. The number of rotatable bonds is 9. The molecule has 0 spiro atoms. The Morgan fingerprint density at radius 2 is 1.88 bits per heavy atom. The van der Waals surface area contributed by atoms with Crippen molar-refractivity contribution in [3.63, 3.8) is 0 Å². The summed E-state index contributed by atoms with van der Waals surface area (Å²) in [7, 11) is 2.73. The smallest absolute Gasteiger partial charge is 0.323 e. The van der Waals surface area contributed by atoms with Gasteiger partial charge in [-0.25, -0.2) is 0 Å². The number of carbonyl (C=O) groups excluding carboxylic acids is 1. The van der Waals surface area contributed by atoms with Crippen molar-refractivity contribution in [2.75, 3.05) is 40.4 Å². The maximum atomic E-state index is 12.3. The number of amides is 1. The number of benzene rings is 1. The summed E-state index contributed by atoms with van der Waals surface area (Å²) >= 11 is 0. The van der Waals surface area contributed by atoms with Gasteiger partial charge in [0, 0.05) is 25.2 Å². The van der Waals surface area contributed by atoms with E-state index >= 15 is 0 Å². The van der Waals surface area contributed by atoms with Crippen LogP contribution in [-0.2, 0) is 0 Å². The first-order valence-electron chi connectivity index (χ1n) is 7.39. The number of ether oxygens (including phenoxy) is 2. The normalized spacial score (nSPS) is 10.0. The lowest BCUT2D eigenvalue weighted by atomic mass is 10.1. The van der Waals surface area contributed by atoms with Crippen LogP contribution in [0.2, 0.25) is 0 Å². The first kappa shape index (κ1) is 21.9. The fourth-order valence-corrected chi connectivity index (χ4v) is 2.18. The molecule has 0 saturated carbocycles. The van der Waals surface area contributed by atoms with Gasteiger partial charge in [-0.3, -0.25) is 14.9 Å². The quantitative estimate of drug-likeness (QED) is 0.534. The summed E-state index contributed by atoms with van der Waals surface area (Å²) in [5.41, 5.74) is -0.445. The lowest BCUT2D eigenvalue weighted by Crippen LogP contribution is -2.35. The molecule has 8 nitrogen and oxygen atoms in total. The third-order valence-corrected chi connectivity index (χ3v) is 3.54. The van der Waals surface area contributed by atoms with Gasteiger partial charge in [0.05, 0.1) is 19.1 Å². The van der Waals surface area contributed by atoms with Gasteiger partial charge in [0.2, 0.25) is 5.75 Å². The molecule has 1 N–H and O–H groups in total. The summed E-state index contributed by atoms with van der Waals surface area (Å²) < 4.78 is 10.1. The zero-order chi connectivity index (χ0) is 17.4. The second-order valence-electron chi connectivity index (χ2n) is 4.77. The van der Waals surface area contributed by atoms with Crippen LogP contribution < -0.4 is 14.8 Å². The highest BCUT2D eigenvalue weighted by molar-refractivity contribution is 5.99. The minimum atomic E-state index is -0.627. The Hall–Kier alpha value is -2.06. The maximum Gasteiger partial charge on any atom is 0.323 e. The summed E-state index contributed by atoms with van der Waals surface area (Å²) in [6, 6.07) is 2.72. The number of nitrogens with one attached hydrogen (secondary N) is 1. The van der Waals surface area contributed by atoms with E-state index < -0.39 is 10.8 Å². The maximum absolute atomic E-state index is 12.3. The molecule has 0 aliphatic carbocycles. The van der Waals surface area contributed by atoms with Crippen molar-refractivity contribution >= 4 is 24.0 Å². The first-order chi connectivity index (χ1) is 11.0. The monoisotopic (exact) mass is 361 g/mol. The van der Waals surface area contributed by atoms with Crippen molar-refractivity contribution in [3.05, 3.63) is 27.8 Å². The number of hydrogen-bond acceptors (Lipinski definition) is 6. The number of nitro benzene ring substituents is 1. The van der Waals surface area contributed by atoms with E-state index in [4.69, 9.17) is 9.47 Å². The second-order valence-corrected chi connectivity index (χ2v) is 4.77.